The van der Waals surface area contributed by atoms with Crippen LogP contribution in [-0.2, 0) is 16.0 Å². The predicted molar refractivity (Wildman–Crippen MR) is 81.9 cm³/mol. The van der Waals surface area contributed by atoms with E-state index >= 15 is 0 Å². The van der Waals surface area contributed by atoms with Crippen LogP contribution in [0.3, 0.4) is 0 Å². The smallest absolute Gasteiger partial charge is 0.223 e. The van der Waals surface area contributed by atoms with Crippen molar-refractivity contribution in [3.63, 3.8) is 0 Å². The van der Waals surface area contributed by atoms with Crippen LogP contribution in [0.25, 0.3) is 10.9 Å². The van der Waals surface area contributed by atoms with Gasteiger partial charge in [-0.05, 0) is 30.0 Å². The van der Waals surface area contributed by atoms with Crippen molar-refractivity contribution < 1.29 is 18.3 Å². The van der Waals surface area contributed by atoms with Gasteiger partial charge in [0.2, 0.25) is 5.91 Å². The fourth-order valence-corrected chi connectivity index (χ4v) is 3.13. The lowest BCUT2D eigenvalue weighted by Crippen LogP contribution is -2.28. The minimum atomic E-state index is -0.661. The average Bonchev–Trinajstić information content (AvgIpc) is 2.85. The highest BCUT2D eigenvalue weighted by atomic mass is 19.1. The average molecular weight is 320 g/mol. The molecule has 1 unspecified atom stereocenters. The van der Waals surface area contributed by atoms with Crippen molar-refractivity contribution in [2.24, 2.45) is 5.92 Å². The lowest BCUT2D eigenvalue weighted by atomic mass is 9.96. The summed E-state index contributed by atoms with van der Waals surface area (Å²) in [6, 6.07) is 3.91. The molecule has 0 saturated carbocycles. The zero-order valence-corrected chi connectivity index (χ0v) is 12.9. The number of pyridine rings is 1. The Kier molecular flexibility index (Phi) is 4.52. The third kappa shape index (κ3) is 3.32. The summed E-state index contributed by atoms with van der Waals surface area (Å²) >= 11 is 0. The van der Waals surface area contributed by atoms with Gasteiger partial charge in [-0.25, -0.2) is 8.78 Å². The highest BCUT2D eigenvalue weighted by Crippen LogP contribution is 2.27. The van der Waals surface area contributed by atoms with Crippen LogP contribution in [0, 0.1) is 17.6 Å². The second-order valence-electron chi connectivity index (χ2n) is 5.86. The zero-order valence-electron chi connectivity index (χ0n) is 12.9. The molecule has 0 aliphatic carbocycles. The van der Waals surface area contributed by atoms with Crippen molar-refractivity contribution in [1.82, 2.24) is 9.88 Å². The molecule has 1 aliphatic heterocycles. The number of hydrogen-bond donors (Lipinski definition) is 0. The van der Waals surface area contributed by atoms with E-state index in [4.69, 9.17) is 4.74 Å². The van der Waals surface area contributed by atoms with Crippen LogP contribution in [-0.4, -0.2) is 42.6 Å². The Morgan fingerprint density at radius 1 is 1.39 bits per heavy atom. The van der Waals surface area contributed by atoms with Crippen molar-refractivity contribution in [3.8, 4) is 0 Å². The number of rotatable bonds is 5. The molecule has 1 aliphatic rings. The molecule has 4 nitrogen and oxygen atoms in total. The van der Waals surface area contributed by atoms with Gasteiger partial charge < -0.3 is 9.64 Å². The molecule has 1 fully saturated rings. The summed E-state index contributed by atoms with van der Waals surface area (Å²) in [6.45, 7) is 1.73. The van der Waals surface area contributed by atoms with Gasteiger partial charge in [0.05, 0.1) is 6.61 Å². The number of likely N-dealkylation sites (tertiary alicyclic amines) is 1. The maximum atomic E-state index is 13.8. The molecule has 3 rings (SSSR count). The van der Waals surface area contributed by atoms with Gasteiger partial charge >= 0.3 is 0 Å². The molecule has 1 aromatic heterocycles. The molecule has 122 valence electrons. The lowest BCUT2D eigenvalue weighted by molar-refractivity contribution is -0.128. The number of hydrogen-bond acceptors (Lipinski definition) is 3. The third-order valence-electron chi connectivity index (χ3n) is 4.22. The largest absolute Gasteiger partial charge is 0.383 e. The van der Waals surface area contributed by atoms with Crippen LogP contribution in [0.1, 0.15) is 12.0 Å². The normalized spacial score (nSPS) is 18.1. The molecule has 6 heteroatoms. The van der Waals surface area contributed by atoms with Crippen LogP contribution in [0.2, 0.25) is 0 Å². The van der Waals surface area contributed by atoms with Gasteiger partial charge in [0, 0.05) is 44.3 Å². The van der Waals surface area contributed by atoms with E-state index in [1.54, 1.807) is 18.1 Å². The van der Waals surface area contributed by atoms with Crippen LogP contribution in [0.5, 0.6) is 0 Å². The molecule has 1 saturated heterocycles. The molecule has 1 atom stereocenters. The van der Waals surface area contributed by atoms with E-state index in [-0.39, 0.29) is 17.3 Å². The minimum absolute atomic E-state index is 0.0998. The van der Waals surface area contributed by atoms with Crippen LogP contribution >= 0.6 is 0 Å². The molecule has 0 spiro atoms. The molecule has 0 N–H and O–H groups in total. The Hall–Kier alpha value is -2.08. The third-order valence-corrected chi connectivity index (χ3v) is 4.22. The number of amides is 1. The van der Waals surface area contributed by atoms with Crippen molar-refractivity contribution in [1.29, 1.82) is 0 Å². The van der Waals surface area contributed by atoms with E-state index in [1.807, 2.05) is 0 Å². The molecule has 0 bridgehead atoms. The number of nitrogens with zero attached hydrogens (tertiary/aromatic N) is 2. The monoisotopic (exact) mass is 320 g/mol. The van der Waals surface area contributed by atoms with Crippen LogP contribution in [0.4, 0.5) is 8.78 Å². The van der Waals surface area contributed by atoms with Gasteiger partial charge in [-0.2, -0.15) is 0 Å². The highest BCUT2D eigenvalue weighted by molar-refractivity contribution is 5.83. The summed E-state index contributed by atoms with van der Waals surface area (Å²) in [5, 5.41) is 0.479. The number of carbonyl (C=O) groups excluding carboxylic acids is 1. The molecule has 1 amide bonds. The standard InChI is InChI=1S/C17H18F2N2O2/c1-23-5-4-21-10-11(7-16(21)22)6-12-2-3-20-17-14(12)8-13(18)9-15(17)19/h2-3,8-9,11H,4-7,10H2,1H3. The number of fused-ring (bicyclic) bond motifs is 1. The highest BCUT2D eigenvalue weighted by Gasteiger charge is 2.29. The van der Waals surface area contributed by atoms with Gasteiger partial charge in [-0.1, -0.05) is 0 Å². The number of ether oxygens (including phenoxy) is 1. The SMILES string of the molecule is COCCN1CC(Cc2ccnc3c(F)cc(F)cc23)CC1=O. The van der Waals surface area contributed by atoms with Gasteiger partial charge in [0.15, 0.2) is 5.82 Å². The summed E-state index contributed by atoms with van der Waals surface area (Å²) in [7, 11) is 1.60. The van der Waals surface area contributed by atoms with E-state index in [0.29, 0.717) is 37.9 Å². The Morgan fingerprint density at radius 3 is 3.00 bits per heavy atom. The van der Waals surface area contributed by atoms with Gasteiger partial charge in [-0.3, -0.25) is 9.78 Å². The first kappa shape index (κ1) is 15.8. The van der Waals surface area contributed by atoms with E-state index in [1.165, 1.54) is 12.3 Å². The first-order chi connectivity index (χ1) is 11.1. The lowest BCUT2D eigenvalue weighted by Gasteiger charge is -2.16. The predicted octanol–water partition coefficient (Wildman–Crippen LogP) is 2.55. The van der Waals surface area contributed by atoms with Crippen LogP contribution in [0.15, 0.2) is 24.4 Å². The Balaban J connectivity index is 1.81. The van der Waals surface area contributed by atoms with Gasteiger partial charge in [-0.15, -0.1) is 0 Å². The van der Waals surface area contributed by atoms with Crippen molar-refractivity contribution in [2.45, 2.75) is 12.8 Å². The number of aromatic nitrogens is 1. The molecule has 2 heterocycles. The molecule has 2 aromatic rings. The topological polar surface area (TPSA) is 42.4 Å². The van der Waals surface area contributed by atoms with E-state index in [0.717, 1.165) is 11.6 Å². The molecule has 23 heavy (non-hydrogen) atoms. The van der Waals surface area contributed by atoms with Gasteiger partial charge in [0.1, 0.15) is 11.3 Å². The van der Waals surface area contributed by atoms with Crippen molar-refractivity contribution >= 4 is 16.8 Å². The summed E-state index contributed by atoms with van der Waals surface area (Å²) in [6.07, 6.45) is 2.57. The zero-order chi connectivity index (χ0) is 16.4. The molecular formula is C17H18F2N2O2. The fourth-order valence-electron chi connectivity index (χ4n) is 3.13. The number of benzene rings is 1. The first-order valence-electron chi connectivity index (χ1n) is 7.58. The van der Waals surface area contributed by atoms with E-state index < -0.39 is 11.6 Å². The summed E-state index contributed by atoms with van der Waals surface area (Å²) in [5.74, 6) is -1.04. The first-order valence-corrected chi connectivity index (χ1v) is 7.58. The number of carbonyl (C=O) groups is 1. The second kappa shape index (κ2) is 6.58. The number of halogens is 2. The van der Waals surface area contributed by atoms with E-state index in [9.17, 15) is 13.6 Å². The van der Waals surface area contributed by atoms with Crippen molar-refractivity contribution in [2.75, 3.05) is 26.8 Å². The maximum Gasteiger partial charge on any atom is 0.223 e. The van der Waals surface area contributed by atoms with Crippen LogP contribution < -0.4 is 0 Å². The summed E-state index contributed by atoms with van der Waals surface area (Å²) in [5.41, 5.74) is 0.990. The summed E-state index contributed by atoms with van der Waals surface area (Å²) in [4.78, 5) is 17.8. The summed E-state index contributed by atoms with van der Waals surface area (Å²) < 4.78 is 32.3. The van der Waals surface area contributed by atoms with Crippen molar-refractivity contribution in [3.05, 3.63) is 41.6 Å². The molecular weight excluding hydrogens is 302 g/mol. The quantitative estimate of drug-likeness (QED) is 0.850. The number of methoxy groups -OCH3 is 1. The van der Waals surface area contributed by atoms with Gasteiger partial charge in [0.25, 0.3) is 0 Å². The Bertz CT molecular complexity index is 736. The minimum Gasteiger partial charge on any atom is -0.383 e. The molecule has 0 radical (unpaired) electrons. The van der Waals surface area contributed by atoms with E-state index in [2.05, 4.69) is 4.98 Å². The fraction of sp³-hybridized carbons (Fsp3) is 0.412. The maximum absolute atomic E-state index is 13.8. The second-order valence-corrected chi connectivity index (χ2v) is 5.86. The Morgan fingerprint density at radius 2 is 2.22 bits per heavy atom. The Labute approximate surface area is 133 Å². The molecule has 1 aromatic carbocycles.